The maximum absolute atomic E-state index is 5.45. The number of piperazine rings is 1. The molecule has 116 valence electrons. The number of methoxy groups -OCH3 is 1. The molecule has 0 radical (unpaired) electrons. The van der Waals surface area contributed by atoms with Gasteiger partial charge < -0.3 is 9.64 Å². The second kappa shape index (κ2) is 6.83. The molecule has 1 aliphatic rings. The number of ether oxygens (including phenoxy) is 1. The van der Waals surface area contributed by atoms with Gasteiger partial charge in [0.05, 0.1) is 32.1 Å². The van der Waals surface area contributed by atoms with Crippen LogP contribution in [0, 0.1) is 6.92 Å². The minimum absolute atomic E-state index is 0.929. The Hall–Kier alpha value is -2.01. The van der Waals surface area contributed by atoms with Gasteiger partial charge in [-0.25, -0.2) is 0 Å². The number of benzene rings is 1. The molecule has 22 heavy (non-hydrogen) atoms. The summed E-state index contributed by atoms with van der Waals surface area (Å²) >= 11 is 1.78. The molecule has 0 atom stereocenters. The molecule has 0 bridgehead atoms. The fourth-order valence-corrected chi connectivity index (χ4v) is 3.35. The minimum atomic E-state index is 0.929. The normalized spacial score (nSPS) is 15.5. The first-order valence-electron chi connectivity index (χ1n) is 7.49. The molecule has 0 unspecified atom stereocenters. The lowest BCUT2D eigenvalue weighted by Gasteiger charge is -2.35. The van der Waals surface area contributed by atoms with Gasteiger partial charge in [0, 0.05) is 22.8 Å². The van der Waals surface area contributed by atoms with Crippen LogP contribution < -0.4 is 9.64 Å². The Morgan fingerprint density at radius 1 is 1.09 bits per heavy atom. The standard InChI is InChI=1S/C17H21N3OS/c1-14-7-8-15(22-14)13-18-20-11-9-19(10-12-20)16-5-3-4-6-17(16)21-2/h3-8,13H,9-12H2,1-2H3/b18-13-. The minimum Gasteiger partial charge on any atom is -0.495 e. The lowest BCUT2D eigenvalue weighted by molar-refractivity contribution is 0.271. The van der Waals surface area contributed by atoms with Crippen molar-refractivity contribution in [1.82, 2.24) is 5.01 Å². The second-order valence-corrected chi connectivity index (χ2v) is 6.63. The summed E-state index contributed by atoms with van der Waals surface area (Å²) in [4.78, 5) is 4.90. The molecule has 0 spiro atoms. The molecule has 0 amide bonds. The number of hydrogen-bond donors (Lipinski definition) is 0. The second-order valence-electron chi connectivity index (χ2n) is 5.31. The van der Waals surface area contributed by atoms with Crippen LogP contribution in [0.2, 0.25) is 0 Å². The van der Waals surface area contributed by atoms with E-state index in [9.17, 15) is 0 Å². The molecule has 2 heterocycles. The third-order valence-corrected chi connectivity index (χ3v) is 4.73. The molecule has 4 nitrogen and oxygen atoms in total. The van der Waals surface area contributed by atoms with Gasteiger partial charge in [-0.15, -0.1) is 11.3 Å². The van der Waals surface area contributed by atoms with E-state index in [-0.39, 0.29) is 0 Å². The van der Waals surface area contributed by atoms with Gasteiger partial charge in [-0.2, -0.15) is 5.10 Å². The van der Waals surface area contributed by atoms with Crippen molar-refractivity contribution in [3.05, 3.63) is 46.2 Å². The summed E-state index contributed by atoms with van der Waals surface area (Å²) in [5.74, 6) is 0.938. The van der Waals surface area contributed by atoms with E-state index in [0.29, 0.717) is 0 Å². The van der Waals surface area contributed by atoms with E-state index in [0.717, 1.165) is 31.9 Å². The lowest BCUT2D eigenvalue weighted by Crippen LogP contribution is -2.44. The van der Waals surface area contributed by atoms with Crippen LogP contribution >= 0.6 is 11.3 Å². The van der Waals surface area contributed by atoms with Crippen LogP contribution in [0.25, 0.3) is 0 Å². The molecule has 1 aromatic heterocycles. The van der Waals surface area contributed by atoms with Crippen molar-refractivity contribution < 1.29 is 4.74 Å². The van der Waals surface area contributed by atoms with Crippen molar-refractivity contribution in [2.45, 2.75) is 6.92 Å². The average Bonchev–Trinajstić information content (AvgIpc) is 2.99. The van der Waals surface area contributed by atoms with E-state index >= 15 is 0 Å². The van der Waals surface area contributed by atoms with E-state index in [1.54, 1.807) is 18.4 Å². The number of para-hydroxylation sites is 2. The number of hydrogen-bond acceptors (Lipinski definition) is 5. The lowest BCUT2D eigenvalue weighted by atomic mass is 10.2. The molecule has 0 N–H and O–H groups in total. The highest BCUT2D eigenvalue weighted by molar-refractivity contribution is 7.13. The van der Waals surface area contributed by atoms with Gasteiger partial charge in [-0.05, 0) is 31.2 Å². The van der Waals surface area contributed by atoms with Crippen LogP contribution in [-0.4, -0.2) is 44.5 Å². The smallest absolute Gasteiger partial charge is 0.142 e. The quantitative estimate of drug-likeness (QED) is 0.811. The summed E-state index contributed by atoms with van der Waals surface area (Å²) in [6.07, 6.45) is 1.97. The van der Waals surface area contributed by atoms with Gasteiger partial charge in [-0.3, -0.25) is 5.01 Å². The van der Waals surface area contributed by atoms with E-state index < -0.39 is 0 Å². The highest BCUT2D eigenvalue weighted by Gasteiger charge is 2.18. The van der Waals surface area contributed by atoms with E-state index in [2.05, 4.69) is 46.2 Å². The molecule has 1 saturated heterocycles. The van der Waals surface area contributed by atoms with E-state index in [4.69, 9.17) is 4.74 Å². The van der Waals surface area contributed by atoms with E-state index in [1.807, 2.05) is 18.3 Å². The Kier molecular flexibility index (Phi) is 4.63. The number of thiophene rings is 1. The molecule has 0 aliphatic carbocycles. The third kappa shape index (κ3) is 3.42. The highest BCUT2D eigenvalue weighted by Crippen LogP contribution is 2.28. The summed E-state index contributed by atoms with van der Waals surface area (Å²) in [6.45, 7) is 5.90. The molecule has 0 saturated carbocycles. The third-order valence-electron chi connectivity index (χ3n) is 3.79. The van der Waals surface area contributed by atoms with Crippen LogP contribution in [0.1, 0.15) is 9.75 Å². The summed E-state index contributed by atoms with van der Waals surface area (Å²) in [5, 5.41) is 6.74. The Balaban J connectivity index is 1.59. The van der Waals surface area contributed by atoms with Crippen LogP contribution in [0.3, 0.4) is 0 Å². The first kappa shape index (κ1) is 14.9. The first-order valence-corrected chi connectivity index (χ1v) is 8.31. The number of rotatable bonds is 4. The maximum Gasteiger partial charge on any atom is 0.142 e. The first-order chi connectivity index (χ1) is 10.8. The van der Waals surface area contributed by atoms with Crippen LogP contribution in [0.5, 0.6) is 5.75 Å². The predicted molar refractivity (Wildman–Crippen MR) is 93.4 cm³/mol. The van der Waals surface area contributed by atoms with Crippen molar-refractivity contribution in [3.8, 4) is 5.75 Å². The SMILES string of the molecule is COc1ccccc1N1CCN(/N=C\c2ccc(C)s2)CC1. The molecular weight excluding hydrogens is 294 g/mol. The van der Waals surface area contributed by atoms with Crippen molar-refractivity contribution in [2.75, 3.05) is 38.2 Å². The van der Waals surface area contributed by atoms with Gasteiger partial charge in [-0.1, -0.05) is 12.1 Å². The van der Waals surface area contributed by atoms with Gasteiger partial charge in [0.2, 0.25) is 0 Å². The summed E-state index contributed by atoms with van der Waals surface area (Å²) in [7, 11) is 1.72. The summed E-state index contributed by atoms with van der Waals surface area (Å²) < 4.78 is 5.45. The van der Waals surface area contributed by atoms with Crippen LogP contribution in [-0.2, 0) is 0 Å². The molecule has 3 rings (SSSR count). The maximum atomic E-state index is 5.45. The van der Waals surface area contributed by atoms with Crippen molar-refractivity contribution >= 4 is 23.2 Å². The topological polar surface area (TPSA) is 28.1 Å². The molecule has 1 fully saturated rings. The Labute approximate surface area is 135 Å². The fraction of sp³-hybridized carbons (Fsp3) is 0.353. The molecule has 5 heteroatoms. The highest BCUT2D eigenvalue weighted by atomic mass is 32.1. The fourth-order valence-electron chi connectivity index (χ4n) is 2.60. The molecule has 2 aromatic rings. The van der Waals surface area contributed by atoms with E-state index in [1.165, 1.54) is 15.4 Å². The van der Waals surface area contributed by atoms with Gasteiger partial charge in [0.15, 0.2) is 0 Å². The Morgan fingerprint density at radius 2 is 1.86 bits per heavy atom. The summed E-state index contributed by atoms with van der Waals surface area (Å²) in [5.41, 5.74) is 1.17. The largest absolute Gasteiger partial charge is 0.495 e. The van der Waals surface area contributed by atoms with Crippen molar-refractivity contribution in [2.24, 2.45) is 5.10 Å². The van der Waals surface area contributed by atoms with Gasteiger partial charge in [0.25, 0.3) is 0 Å². The average molecular weight is 315 g/mol. The Morgan fingerprint density at radius 3 is 2.55 bits per heavy atom. The van der Waals surface area contributed by atoms with Crippen molar-refractivity contribution in [3.63, 3.8) is 0 Å². The summed E-state index contributed by atoms with van der Waals surface area (Å²) in [6, 6.07) is 12.4. The monoisotopic (exact) mass is 315 g/mol. The zero-order valence-corrected chi connectivity index (χ0v) is 13.8. The number of nitrogens with zero attached hydrogens (tertiary/aromatic N) is 3. The molecular formula is C17H21N3OS. The van der Waals surface area contributed by atoms with Gasteiger partial charge >= 0.3 is 0 Å². The van der Waals surface area contributed by atoms with Crippen molar-refractivity contribution in [1.29, 1.82) is 0 Å². The number of aryl methyl sites for hydroxylation is 1. The number of anilines is 1. The zero-order chi connectivity index (χ0) is 15.4. The van der Waals surface area contributed by atoms with Gasteiger partial charge in [0.1, 0.15) is 5.75 Å². The number of hydrazone groups is 1. The zero-order valence-electron chi connectivity index (χ0n) is 13.0. The van der Waals surface area contributed by atoms with Crippen LogP contribution in [0.4, 0.5) is 5.69 Å². The molecule has 1 aliphatic heterocycles. The Bertz CT molecular complexity index is 645. The predicted octanol–water partition coefficient (Wildman–Crippen LogP) is 3.22. The molecule has 1 aromatic carbocycles. The van der Waals surface area contributed by atoms with Crippen LogP contribution in [0.15, 0.2) is 41.5 Å².